The van der Waals surface area contributed by atoms with Crippen LogP contribution in [-0.2, 0) is 6.54 Å². The molecule has 0 saturated heterocycles. The van der Waals surface area contributed by atoms with Crippen LogP contribution in [-0.4, -0.2) is 33.7 Å². The van der Waals surface area contributed by atoms with Crippen molar-refractivity contribution in [3.05, 3.63) is 65.6 Å². The summed E-state index contributed by atoms with van der Waals surface area (Å²) in [5.74, 6) is 0.784. The van der Waals surface area contributed by atoms with Crippen molar-refractivity contribution in [2.24, 2.45) is 0 Å². The molecule has 3 aromatic rings. The molecule has 0 fully saturated rings. The molecule has 1 atom stereocenters. The van der Waals surface area contributed by atoms with Crippen LogP contribution in [0.3, 0.4) is 0 Å². The van der Waals surface area contributed by atoms with Gasteiger partial charge in [0.1, 0.15) is 24.1 Å². The number of hydrogen-bond donors (Lipinski definition) is 2. The summed E-state index contributed by atoms with van der Waals surface area (Å²) in [7, 11) is 0. The van der Waals surface area contributed by atoms with Gasteiger partial charge in [0.15, 0.2) is 0 Å². The quantitative estimate of drug-likeness (QED) is 0.701. The Morgan fingerprint density at radius 1 is 1.21 bits per heavy atom. The van der Waals surface area contributed by atoms with E-state index in [9.17, 15) is 5.11 Å². The highest BCUT2D eigenvalue weighted by Crippen LogP contribution is 2.12. The Morgan fingerprint density at radius 2 is 2.08 bits per heavy atom. The fraction of sp³-hybridized carbons (Fsp3) is 0.316. The fourth-order valence-electron chi connectivity index (χ4n) is 2.59. The van der Waals surface area contributed by atoms with E-state index in [1.54, 1.807) is 0 Å². The van der Waals surface area contributed by atoms with Crippen LogP contribution in [0, 0.1) is 13.8 Å². The van der Waals surface area contributed by atoms with Crippen molar-refractivity contribution in [2.75, 3.05) is 13.2 Å². The van der Waals surface area contributed by atoms with Gasteiger partial charge in [-0.25, -0.2) is 4.98 Å². The van der Waals surface area contributed by atoms with E-state index in [1.165, 1.54) is 5.56 Å². The maximum absolute atomic E-state index is 10.1. The molecular weight excluding hydrogens is 302 g/mol. The van der Waals surface area contributed by atoms with E-state index in [4.69, 9.17) is 4.74 Å². The molecule has 3 rings (SSSR count). The molecule has 2 heterocycles. The smallest absolute Gasteiger partial charge is 0.136 e. The number of hydrogen-bond acceptors (Lipinski definition) is 4. The number of nitrogens with zero attached hydrogens (tertiary/aromatic N) is 2. The van der Waals surface area contributed by atoms with Gasteiger partial charge in [0.25, 0.3) is 0 Å². The average Bonchev–Trinajstić information content (AvgIpc) is 2.95. The van der Waals surface area contributed by atoms with Crippen LogP contribution in [0.5, 0.6) is 5.75 Å². The van der Waals surface area contributed by atoms with Gasteiger partial charge in [-0.1, -0.05) is 18.2 Å². The minimum Gasteiger partial charge on any atom is -0.491 e. The maximum atomic E-state index is 10.1. The first-order chi connectivity index (χ1) is 11.6. The van der Waals surface area contributed by atoms with Crippen molar-refractivity contribution < 1.29 is 9.84 Å². The normalized spacial score (nSPS) is 12.5. The number of fused-ring (bicyclic) bond motifs is 1. The van der Waals surface area contributed by atoms with E-state index in [0.29, 0.717) is 13.1 Å². The van der Waals surface area contributed by atoms with Gasteiger partial charge in [-0.15, -0.1) is 0 Å². The van der Waals surface area contributed by atoms with Gasteiger partial charge in [0.05, 0.1) is 11.9 Å². The number of benzene rings is 1. The van der Waals surface area contributed by atoms with Crippen LogP contribution >= 0.6 is 0 Å². The zero-order valence-electron chi connectivity index (χ0n) is 14.1. The van der Waals surface area contributed by atoms with Gasteiger partial charge in [-0.3, -0.25) is 0 Å². The molecule has 0 aliphatic carbocycles. The van der Waals surface area contributed by atoms with Crippen LogP contribution < -0.4 is 10.1 Å². The van der Waals surface area contributed by atoms with Crippen LogP contribution in [0.1, 0.15) is 16.8 Å². The Morgan fingerprint density at radius 3 is 2.92 bits per heavy atom. The van der Waals surface area contributed by atoms with Gasteiger partial charge in [0.2, 0.25) is 0 Å². The summed E-state index contributed by atoms with van der Waals surface area (Å²) in [5.41, 5.74) is 4.33. The lowest BCUT2D eigenvalue weighted by molar-refractivity contribution is 0.106. The molecule has 0 radical (unpaired) electrons. The standard InChI is InChI=1S/C19H23N3O2/c1-14-4-3-5-18(8-14)24-13-17(23)11-20-9-16-10-21-19-7-6-15(2)12-22(16)19/h3-8,10,12,17,20,23H,9,11,13H2,1-2H3. The van der Waals surface area contributed by atoms with Crippen molar-refractivity contribution in [3.63, 3.8) is 0 Å². The van der Waals surface area contributed by atoms with Crippen molar-refractivity contribution in [1.82, 2.24) is 14.7 Å². The zero-order chi connectivity index (χ0) is 16.9. The number of rotatable bonds is 7. The van der Waals surface area contributed by atoms with Gasteiger partial charge >= 0.3 is 0 Å². The Hall–Kier alpha value is -2.37. The molecule has 1 aromatic carbocycles. The zero-order valence-corrected chi connectivity index (χ0v) is 14.1. The number of aliphatic hydroxyl groups excluding tert-OH is 1. The first-order valence-corrected chi connectivity index (χ1v) is 8.12. The van der Waals surface area contributed by atoms with Crippen molar-refractivity contribution >= 4 is 5.65 Å². The number of ether oxygens (including phenoxy) is 1. The monoisotopic (exact) mass is 325 g/mol. The third kappa shape index (κ3) is 4.13. The molecule has 126 valence electrons. The largest absolute Gasteiger partial charge is 0.491 e. The number of nitrogens with one attached hydrogen (secondary N) is 1. The molecule has 2 aromatic heterocycles. The molecule has 2 N–H and O–H groups in total. The van der Waals surface area contributed by atoms with Crippen molar-refractivity contribution in [2.45, 2.75) is 26.5 Å². The van der Waals surface area contributed by atoms with E-state index >= 15 is 0 Å². The summed E-state index contributed by atoms with van der Waals surface area (Å²) in [6.07, 6.45) is 3.36. The van der Waals surface area contributed by atoms with E-state index in [0.717, 1.165) is 22.7 Å². The van der Waals surface area contributed by atoms with Crippen LogP contribution in [0.15, 0.2) is 48.8 Å². The first-order valence-electron chi connectivity index (χ1n) is 8.12. The molecule has 5 nitrogen and oxygen atoms in total. The summed E-state index contributed by atoms with van der Waals surface area (Å²) in [6, 6.07) is 11.9. The van der Waals surface area contributed by atoms with Gasteiger partial charge in [-0.2, -0.15) is 0 Å². The lowest BCUT2D eigenvalue weighted by Crippen LogP contribution is -2.31. The molecule has 24 heavy (non-hydrogen) atoms. The Bertz CT molecular complexity index is 813. The Kier molecular flexibility index (Phi) is 5.13. The number of pyridine rings is 1. The highest BCUT2D eigenvalue weighted by molar-refractivity contribution is 5.41. The average molecular weight is 325 g/mol. The predicted octanol–water partition coefficient (Wildman–Crippen LogP) is 2.48. The number of aliphatic hydroxyl groups is 1. The molecule has 0 spiro atoms. The van der Waals surface area contributed by atoms with Gasteiger partial charge in [0, 0.05) is 19.3 Å². The molecule has 0 saturated carbocycles. The van der Waals surface area contributed by atoms with E-state index in [-0.39, 0.29) is 6.61 Å². The molecule has 0 amide bonds. The predicted molar refractivity (Wildman–Crippen MR) is 94.3 cm³/mol. The minimum atomic E-state index is -0.563. The van der Waals surface area contributed by atoms with Crippen LogP contribution in [0.25, 0.3) is 5.65 Å². The summed E-state index contributed by atoms with van der Waals surface area (Å²) in [5, 5.41) is 13.3. The molecule has 0 aliphatic rings. The summed E-state index contributed by atoms with van der Waals surface area (Å²) in [6.45, 7) is 5.45. The lowest BCUT2D eigenvalue weighted by Gasteiger charge is -2.13. The van der Waals surface area contributed by atoms with E-state index < -0.39 is 6.10 Å². The van der Waals surface area contributed by atoms with Crippen molar-refractivity contribution in [3.8, 4) is 5.75 Å². The first kappa shape index (κ1) is 16.5. The Balaban J connectivity index is 1.47. The summed E-state index contributed by atoms with van der Waals surface area (Å²) in [4.78, 5) is 4.38. The highest BCUT2D eigenvalue weighted by atomic mass is 16.5. The van der Waals surface area contributed by atoms with E-state index in [2.05, 4.69) is 27.8 Å². The third-order valence-corrected chi connectivity index (χ3v) is 3.85. The SMILES string of the molecule is Cc1cccc(OCC(O)CNCc2cnc3ccc(C)cn23)c1. The van der Waals surface area contributed by atoms with Crippen LogP contribution in [0.4, 0.5) is 0 Å². The Labute approximate surface area is 141 Å². The lowest BCUT2D eigenvalue weighted by atomic mass is 10.2. The second-order valence-corrected chi connectivity index (χ2v) is 6.10. The molecule has 1 unspecified atom stereocenters. The molecular formula is C19H23N3O2. The number of aromatic nitrogens is 2. The third-order valence-electron chi connectivity index (χ3n) is 3.85. The van der Waals surface area contributed by atoms with Gasteiger partial charge < -0.3 is 19.6 Å². The second-order valence-electron chi connectivity index (χ2n) is 6.10. The topological polar surface area (TPSA) is 58.8 Å². The summed E-state index contributed by atoms with van der Waals surface area (Å²) < 4.78 is 7.68. The van der Waals surface area contributed by atoms with E-state index in [1.807, 2.05) is 49.5 Å². The number of aryl methyl sites for hydroxylation is 2. The van der Waals surface area contributed by atoms with Gasteiger partial charge in [-0.05, 0) is 43.2 Å². The molecule has 0 aliphatic heterocycles. The maximum Gasteiger partial charge on any atom is 0.136 e. The second kappa shape index (κ2) is 7.47. The molecule has 5 heteroatoms. The minimum absolute atomic E-state index is 0.267. The summed E-state index contributed by atoms with van der Waals surface area (Å²) >= 11 is 0. The number of imidazole rings is 1. The fourth-order valence-corrected chi connectivity index (χ4v) is 2.59. The van der Waals surface area contributed by atoms with Crippen LogP contribution in [0.2, 0.25) is 0 Å². The highest BCUT2D eigenvalue weighted by Gasteiger charge is 2.07. The van der Waals surface area contributed by atoms with Crippen molar-refractivity contribution in [1.29, 1.82) is 0 Å². The molecule has 0 bridgehead atoms.